The highest BCUT2D eigenvalue weighted by Crippen LogP contribution is 2.16. The van der Waals surface area contributed by atoms with Crippen molar-refractivity contribution in [2.75, 3.05) is 0 Å². The van der Waals surface area contributed by atoms with Crippen molar-refractivity contribution in [3.05, 3.63) is 41.9 Å². The van der Waals surface area contributed by atoms with Gasteiger partial charge in [0.05, 0.1) is 11.4 Å². The molecule has 0 aliphatic heterocycles. The summed E-state index contributed by atoms with van der Waals surface area (Å²) >= 11 is 0. The lowest BCUT2D eigenvalue weighted by Gasteiger charge is -2.01. The smallest absolute Gasteiger partial charge is 0.0945 e. The van der Waals surface area contributed by atoms with Crippen LogP contribution in [0.15, 0.2) is 30.6 Å². The molecule has 0 aliphatic carbocycles. The maximum absolute atomic E-state index is 4.19. The number of pyridine rings is 1. The minimum atomic E-state index is 0.878. The van der Waals surface area contributed by atoms with E-state index >= 15 is 0 Å². The predicted molar refractivity (Wildman–Crippen MR) is 59.4 cm³/mol. The van der Waals surface area contributed by atoms with Crippen molar-refractivity contribution in [1.82, 2.24) is 15.2 Å². The first-order chi connectivity index (χ1) is 7.29. The highest BCUT2D eigenvalue weighted by molar-refractivity contribution is 5.57. The first kappa shape index (κ1) is 9.77. The molecule has 3 nitrogen and oxygen atoms in total. The van der Waals surface area contributed by atoms with E-state index in [9.17, 15) is 0 Å². The molecule has 0 radical (unpaired) electrons. The maximum Gasteiger partial charge on any atom is 0.0945 e. The van der Waals surface area contributed by atoms with Crippen LogP contribution in [0.3, 0.4) is 0 Å². The van der Waals surface area contributed by atoms with Gasteiger partial charge in [-0.1, -0.05) is 6.92 Å². The Labute approximate surface area is 89.2 Å². The fourth-order valence-corrected chi connectivity index (χ4v) is 1.37. The molecule has 0 saturated heterocycles. The fraction of sp³-hybridized carbons (Fsp3) is 0.250. The molecule has 2 rings (SSSR count). The van der Waals surface area contributed by atoms with E-state index in [2.05, 4.69) is 28.2 Å². The Morgan fingerprint density at radius 3 is 2.67 bits per heavy atom. The summed E-state index contributed by atoms with van der Waals surface area (Å²) in [7, 11) is 0. The van der Waals surface area contributed by atoms with E-state index in [1.165, 1.54) is 5.56 Å². The molecule has 0 saturated carbocycles. The molecule has 0 aliphatic rings. The quantitative estimate of drug-likeness (QED) is 0.745. The predicted octanol–water partition coefficient (Wildman–Crippen LogP) is 2.41. The number of nitrogens with zero attached hydrogens (tertiary/aromatic N) is 3. The van der Waals surface area contributed by atoms with Crippen LogP contribution < -0.4 is 0 Å². The third-order valence-corrected chi connectivity index (χ3v) is 2.30. The van der Waals surface area contributed by atoms with Crippen molar-refractivity contribution in [3.8, 4) is 11.3 Å². The molecule has 0 spiro atoms. The third-order valence-electron chi connectivity index (χ3n) is 2.30. The molecule has 0 aromatic carbocycles. The average Bonchev–Trinajstić information content (AvgIpc) is 2.30. The molecular formula is C12H13N3. The molecule has 2 heterocycles. The summed E-state index contributed by atoms with van der Waals surface area (Å²) in [5.41, 5.74) is 4.05. The minimum absolute atomic E-state index is 0.878. The number of hydrogen-bond donors (Lipinski definition) is 0. The van der Waals surface area contributed by atoms with Crippen LogP contribution in [0.25, 0.3) is 11.3 Å². The van der Waals surface area contributed by atoms with Crippen molar-refractivity contribution in [3.63, 3.8) is 0 Å². The maximum atomic E-state index is 4.19. The van der Waals surface area contributed by atoms with Gasteiger partial charge < -0.3 is 0 Å². The normalized spacial score (nSPS) is 10.3. The highest BCUT2D eigenvalue weighted by atomic mass is 15.1. The van der Waals surface area contributed by atoms with Crippen LogP contribution in [0.1, 0.15) is 18.2 Å². The lowest BCUT2D eigenvalue weighted by Crippen LogP contribution is -1.91. The van der Waals surface area contributed by atoms with E-state index in [0.29, 0.717) is 0 Å². The molecule has 15 heavy (non-hydrogen) atoms. The van der Waals surface area contributed by atoms with E-state index < -0.39 is 0 Å². The Hall–Kier alpha value is -1.77. The summed E-state index contributed by atoms with van der Waals surface area (Å²) in [5, 5.41) is 8.17. The molecule has 0 bridgehead atoms. The Kier molecular flexibility index (Phi) is 2.72. The van der Waals surface area contributed by atoms with Gasteiger partial charge >= 0.3 is 0 Å². The zero-order chi connectivity index (χ0) is 10.7. The number of aromatic nitrogens is 3. The lowest BCUT2D eigenvalue weighted by atomic mass is 10.1. The average molecular weight is 199 g/mol. The van der Waals surface area contributed by atoms with Gasteiger partial charge in [0.15, 0.2) is 0 Å². The summed E-state index contributed by atoms with van der Waals surface area (Å²) < 4.78 is 0. The number of hydrogen-bond acceptors (Lipinski definition) is 3. The van der Waals surface area contributed by atoms with Crippen molar-refractivity contribution in [2.45, 2.75) is 20.3 Å². The van der Waals surface area contributed by atoms with Crippen LogP contribution in [0.2, 0.25) is 0 Å². The van der Waals surface area contributed by atoms with Gasteiger partial charge in [-0.15, -0.1) is 0 Å². The van der Waals surface area contributed by atoms with Gasteiger partial charge in [0.1, 0.15) is 0 Å². The molecule has 0 atom stereocenters. The summed E-state index contributed by atoms with van der Waals surface area (Å²) in [6.45, 7) is 4.04. The molecule has 76 valence electrons. The van der Waals surface area contributed by atoms with Gasteiger partial charge in [-0.05, 0) is 37.1 Å². The molecule has 3 heteroatoms. The molecular weight excluding hydrogens is 186 g/mol. The standard InChI is InChI=1S/C12H13N3/c1-3-10-6-11(8-13-7-10)12-5-4-9(2)14-15-12/h4-8H,3H2,1-2H3. The van der Waals surface area contributed by atoms with Crippen LogP contribution in [0.4, 0.5) is 0 Å². The lowest BCUT2D eigenvalue weighted by molar-refractivity contribution is 0.984. The second kappa shape index (κ2) is 4.17. The van der Waals surface area contributed by atoms with Gasteiger partial charge in [-0.3, -0.25) is 4.98 Å². The molecule has 0 fully saturated rings. The molecule has 0 unspecified atom stereocenters. The second-order valence-electron chi connectivity index (χ2n) is 3.50. The largest absolute Gasteiger partial charge is 0.264 e. The van der Waals surface area contributed by atoms with Crippen molar-refractivity contribution < 1.29 is 0 Å². The van der Waals surface area contributed by atoms with Crippen LogP contribution in [-0.4, -0.2) is 15.2 Å². The Morgan fingerprint density at radius 1 is 1.13 bits per heavy atom. The highest BCUT2D eigenvalue weighted by Gasteiger charge is 2.00. The summed E-state index contributed by atoms with van der Waals surface area (Å²) in [4.78, 5) is 4.19. The van der Waals surface area contributed by atoms with Gasteiger partial charge in [0.2, 0.25) is 0 Å². The molecule has 2 aromatic heterocycles. The summed E-state index contributed by atoms with van der Waals surface area (Å²) in [6, 6.07) is 6.03. The zero-order valence-electron chi connectivity index (χ0n) is 8.94. The summed E-state index contributed by atoms with van der Waals surface area (Å²) in [6.07, 6.45) is 4.68. The Morgan fingerprint density at radius 2 is 2.00 bits per heavy atom. The van der Waals surface area contributed by atoms with Crippen LogP contribution >= 0.6 is 0 Å². The minimum Gasteiger partial charge on any atom is -0.264 e. The topological polar surface area (TPSA) is 38.7 Å². The molecule has 2 aromatic rings. The van der Waals surface area contributed by atoms with Crippen LogP contribution in [0.5, 0.6) is 0 Å². The van der Waals surface area contributed by atoms with Crippen LogP contribution in [0, 0.1) is 6.92 Å². The number of rotatable bonds is 2. The van der Waals surface area contributed by atoms with E-state index in [1.807, 2.05) is 31.5 Å². The first-order valence-corrected chi connectivity index (χ1v) is 5.04. The van der Waals surface area contributed by atoms with Gasteiger partial charge in [-0.25, -0.2) is 0 Å². The van der Waals surface area contributed by atoms with Crippen molar-refractivity contribution >= 4 is 0 Å². The SMILES string of the molecule is CCc1cncc(-c2ccc(C)nn2)c1. The van der Waals surface area contributed by atoms with Crippen molar-refractivity contribution in [2.24, 2.45) is 0 Å². The second-order valence-corrected chi connectivity index (χ2v) is 3.50. The first-order valence-electron chi connectivity index (χ1n) is 5.04. The van der Waals surface area contributed by atoms with Gasteiger partial charge in [0, 0.05) is 18.0 Å². The third kappa shape index (κ3) is 2.18. The zero-order valence-corrected chi connectivity index (χ0v) is 8.94. The Balaban J connectivity index is 2.40. The van der Waals surface area contributed by atoms with Gasteiger partial charge in [0.25, 0.3) is 0 Å². The van der Waals surface area contributed by atoms with E-state index in [-0.39, 0.29) is 0 Å². The van der Waals surface area contributed by atoms with E-state index in [1.54, 1.807) is 0 Å². The molecule has 0 amide bonds. The number of aryl methyl sites for hydroxylation is 2. The Bertz CT molecular complexity index is 449. The summed E-state index contributed by atoms with van der Waals surface area (Å²) in [5.74, 6) is 0. The van der Waals surface area contributed by atoms with E-state index in [4.69, 9.17) is 0 Å². The van der Waals surface area contributed by atoms with Crippen LogP contribution in [-0.2, 0) is 6.42 Å². The molecule has 0 N–H and O–H groups in total. The fourth-order valence-electron chi connectivity index (χ4n) is 1.37. The van der Waals surface area contributed by atoms with Gasteiger partial charge in [-0.2, -0.15) is 10.2 Å². The van der Waals surface area contributed by atoms with Crippen molar-refractivity contribution in [1.29, 1.82) is 0 Å². The van der Waals surface area contributed by atoms with E-state index in [0.717, 1.165) is 23.4 Å². The monoisotopic (exact) mass is 199 g/mol.